The third-order valence-corrected chi connectivity index (χ3v) is 4.55. The van der Waals surface area contributed by atoms with Crippen molar-refractivity contribution in [3.63, 3.8) is 0 Å². The fraction of sp³-hybridized carbons (Fsp3) is 0.533. The number of hydrogen-bond donors (Lipinski definition) is 2. The number of nitrogens with zero attached hydrogens (tertiary/aromatic N) is 1. The first-order valence-corrected chi connectivity index (χ1v) is 7.99. The first kappa shape index (κ1) is 15.2. The van der Waals surface area contributed by atoms with Crippen molar-refractivity contribution < 1.29 is 4.74 Å². The average molecular weight is 293 g/mol. The van der Waals surface area contributed by atoms with Gasteiger partial charge in [-0.2, -0.15) is 0 Å². The fourth-order valence-electron chi connectivity index (χ4n) is 2.31. The predicted octanol–water partition coefficient (Wildman–Crippen LogP) is 3.44. The molecule has 0 fully saturated rings. The van der Waals surface area contributed by atoms with Gasteiger partial charge in [0.2, 0.25) is 0 Å². The van der Waals surface area contributed by atoms with Gasteiger partial charge in [-0.1, -0.05) is 32.5 Å². The summed E-state index contributed by atoms with van der Waals surface area (Å²) in [7, 11) is 1.68. The number of benzene rings is 1. The minimum Gasteiger partial charge on any atom is -0.497 e. The lowest BCUT2D eigenvalue weighted by molar-refractivity contribution is 0.415. The number of aromatic amines is 1. The topological polar surface area (TPSA) is 49.9 Å². The van der Waals surface area contributed by atoms with Gasteiger partial charge in [0.25, 0.3) is 0 Å². The molecule has 5 heteroatoms. The highest BCUT2D eigenvalue weighted by molar-refractivity contribution is 7.99. The van der Waals surface area contributed by atoms with E-state index in [1.165, 1.54) is 0 Å². The van der Waals surface area contributed by atoms with Crippen molar-refractivity contribution in [2.45, 2.75) is 43.6 Å². The maximum atomic E-state index is 5.24. The molecule has 4 nitrogen and oxygen atoms in total. The van der Waals surface area contributed by atoms with Gasteiger partial charge in [0.15, 0.2) is 5.16 Å². The third kappa shape index (κ3) is 3.46. The van der Waals surface area contributed by atoms with Gasteiger partial charge in [0, 0.05) is 17.4 Å². The Bertz CT molecular complexity index is 555. The zero-order valence-electron chi connectivity index (χ0n) is 12.6. The molecule has 0 aliphatic rings. The van der Waals surface area contributed by atoms with Gasteiger partial charge < -0.3 is 15.0 Å². The molecule has 20 heavy (non-hydrogen) atoms. The van der Waals surface area contributed by atoms with Crippen LogP contribution in [0.5, 0.6) is 5.75 Å². The zero-order chi connectivity index (χ0) is 14.5. The summed E-state index contributed by atoms with van der Waals surface area (Å²) in [5.41, 5.74) is 2.01. The average Bonchev–Trinajstić information content (AvgIpc) is 2.85. The Hall–Kier alpha value is -1.20. The van der Waals surface area contributed by atoms with Crippen molar-refractivity contribution in [2.24, 2.45) is 0 Å². The van der Waals surface area contributed by atoms with Crippen molar-refractivity contribution in [3.05, 3.63) is 18.2 Å². The van der Waals surface area contributed by atoms with Gasteiger partial charge in [-0.15, -0.1) is 0 Å². The normalized spacial score (nSPS) is 14.4. The highest BCUT2D eigenvalue weighted by Gasteiger charge is 2.17. The Morgan fingerprint density at radius 1 is 1.40 bits per heavy atom. The third-order valence-electron chi connectivity index (χ3n) is 3.44. The van der Waals surface area contributed by atoms with E-state index in [-0.39, 0.29) is 0 Å². The van der Waals surface area contributed by atoms with E-state index in [1.807, 2.05) is 18.2 Å². The molecule has 2 atom stereocenters. The Labute approximate surface area is 124 Å². The molecule has 2 aromatic rings. The number of aromatic nitrogens is 2. The summed E-state index contributed by atoms with van der Waals surface area (Å²) in [5.74, 6) is 0.852. The molecule has 110 valence electrons. The molecule has 2 rings (SSSR count). The molecule has 0 radical (unpaired) electrons. The molecule has 0 bridgehead atoms. The van der Waals surface area contributed by atoms with Crippen LogP contribution in [0, 0.1) is 0 Å². The molecule has 1 heterocycles. The SMILES string of the molecule is CCNC(CC)C(C)Sc1nc2ccc(OC)cc2[nH]1. The van der Waals surface area contributed by atoms with E-state index in [4.69, 9.17) is 4.74 Å². The van der Waals surface area contributed by atoms with Gasteiger partial charge in [-0.05, 0) is 25.1 Å². The van der Waals surface area contributed by atoms with Crippen LogP contribution in [0.2, 0.25) is 0 Å². The van der Waals surface area contributed by atoms with Crippen LogP contribution in [-0.2, 0) is 0 Å². The second kappa shape index (κ2) is 6.99. The molecule has 1 aromatic heterocycles. The number of fused-ring (bicyclic) bond motifs is 1. The van der Waals surface area contributed by atoms with E-state index in [2.05, 4.69) is 36.1 Å². The second-order valence-electron chi connectivity index (χ2n) is 4.82. The maximum absolute atomic E-state index is 5.24. The van der Waals surface area contributed by atoms with Crippen LogP contribution in [0.4, 0.5) is 0 Å². The van der Waals surface area contributed by atoms with Gasteiger partial charge in [-0.3, -0.25) is 0 Å². The largest absolute Gasteiger partial charge is 0.497 e. The van der Waals surface area contributed by atoms with Gasteiger partial charge in [0.1, 0.15) is 5.75 Å². The summed E-state index contributed by atoms with van der Waals surface area (Å²) >= 11 is 1.79. The van der Waals surface area contributed by atoms with Crippen LogP contribution in [0.15, 0.2) is 23.4 Å². The summed E-state index contributed by atoms with van der Waals surface area (Å²) in [6.45, 7) is 7.61. The van der Waals surface area contributed by atoms with E-state index >= 15 is 0 Å². The first-order chi connectivity index (χ1) is 9.67. The highest BCUT2D eigenvalue weighted by atomic mass is 32.2. The molecule has 0 aliphatic carbocycles. The summed E-state index contributed by atoms with van der Waals surface area (Å²) < 4.78 is 5.24. The lowest BCUT2D eigenvalue weighted by Gasteiger charge is -2.21. The minimum atomic E-state index is 0.474. The van der Waals surface area contributed by atoms with E-state index in [0.717, 1.165) is 34.9 Å². The number of rotatable bonds is 7. The van der Waals surface area contributed by atoms with Crippen molar-refractivity contribution >= 4 is 22.8 Å². The van der Waals surface area contributed by atoms with E-state index in [1.54, 1.807) is 18.9 Å². The lowest BCUT2D eigenvalue weighted by Crippen LogP contribution is -2.35. The number of imidazole rings is 1. The molecule has 0 saturated heterocycles. The number of ether oxygens (including phenoxy) is 1. The molecule has 0 amide bonds. The zero-order valence-corrected chi connectivity index (χ0v) is 13.4. The van der Waals surface area contributed by atoms with Crippen LogP contribution in [0.1, 0.15) is 27.2 Å². The Morgan fingerprint density at radius 2 is 2.20 bits per heavy atom. The van der Waals surface area contributed by atoms with Crippen LogP contribution in [0.3, 0.4) is 0 Å². The van der Waals surface area contributed by atoms with Crippen molar-refractivity contribution in [1.29, 1.82) is 0 Å². The van der Waals surface area contributed by atoms with E-state index in [0.29, 0.717) is 11.3 Å². The van der Waals surface area contributed by atoms with Crippen molar-refractivity contribution in [3.8, 4) is 5.75 Å². The minimum absolute atomic E-state index is 0.474. The van der Waals surface area contributed by atoms with Gasteiger partial charge >= 0.3 is 0 Å². The summed E-state index contributed by atoms with van der Waals surface area (Å²) in [5, 5.41) is 4.97. The Balaban J connectivity index is 2.12. The molecular formula is C15H23N3OS. The number of hydrogen-bond acceptors (Lipinski definition) is 4. The summed E-state index contributed by atoms with van der Waals surface area (Å²) in [6.07, 6.45) is 1.12. The Morgan fingerprint density at radius 3 is 2.85 bits per heavy atom. The van der Waals surface area contributed by atoms with E-state index in [9.17, 15) is 0 Å². The number of nitrogens with one attached hydrogen (secondary N) is 2. The van der Waals surface area contributed by atoms with Gasteiger partial charge in [0.05, 0.1) is 18.1 Å². The lowest BCUT2D eigenvalue weighted by atomic mass is 10.2. The van der Waals surface area contributed by atoms with Crippen molar-refractivity contribution in [1.82, 2.24) is 15.3 Å². The summed E-state index contributed by atoms with van der Waals surface area (Å²) in [6, 6.07) is 6.42. The standard InChI is InChI=1S/C15H23N3OS/c1-5-12(16-6-2)10(3)20-15-17-13-8-7-11(19-4)9-14(13)18-15/h7-10,12,16H,5-6H2,1-4H3,(H,17,18). The molecule has 1 aromatic carbocycles. The number of thioether (sulfide) groups is 1. The number of methoxy groups -OCH3 is 1. The monoisotopic (exact) mass is 293 g/mol. The van der Waals surface area contributed by atoms with Crippen LogP contribution < -0.4 is 10.1 Å². The molecule has 0 aliphatic heterocycles. The first-order valence-electron chi connectivity index (χ1n) is 7.11. The fourth-order valence-corrected chi connectivity index (χ4v) is 3.44. The predicted molar refractivity (Wildman–Crippen MR) is 85.7 cm³/mol. The highest BCUT2D eigenvalue weighted by Crippen LogP contribution is 2.27. The van der Waals surface area contributed by atoms with Crippen LogP contribution in [-0.4, -0.2) is 34.9 Å². The molecule has 0 spiro atoms. The van der Waals surface area contributed by atoms with Crippen LogP contribution >= 0.6 is 11.8 Å². The van der Waals surface area contributed by atoms with Crippen LogP contribution in [0.25, 0.3) is 11.0 Å². The molecule has 0 saturated carbocycles. The quantitative estimate of drug-likeness (QED) is 0.768. The van der Waals surface area contributed by atoms with E-state index < -0.39 is 0 Å². The molecule has 2 unspecified atom stereocenters. The smallest absolute Gasteiger partial charge is 0.166 e. The van der Waals surface area contributed by atoms with Crippen molar-refractivity contribution in [2.75, 3.05) is 13.7 Å². The maximum Gasteiger partial charge on any atom is 0.166 e. The van der Waals surface area contributed by atoms with Gasteiger partial charge in [-0.25, -0.2) is 4.98 Å². The second-order valence-corrected chi connectivity index (χ2v) is 6.19. The Kier molecular flexibility index (Phi) is 5.31. The summed E-state index contributed by atoms with van der Waals surface area (Å²) in [4.78, 5) is 8.00. The molecule has 2 N–H and O–H groups in total. The molecular weight excluding hydrogens is 270 g/mol. The number of H-pyrrole nitrogens is 1.